The van der Waals surface area contributed by atoms with E-state index in [2.05, 4.69) is 5.32 Å². The molecule has 21 heavy (non-hydrogen) atoms. The van der Waals surface area contributed by atoms with Gasteiger partial charge in [-0.05, 0) is 23.3 Å². The van der Waals surface area contributed by atoms with E-state index in [-0.39, 0.29) is 11.9 Å². The topological polar surface area (TPSA) is 49.3 Å². The Labute approximate surface area is 128 Å². The second-order valence-electron chi connectivity index (χ2n) is 5.12. The predicted molar refractivity (Wildman–Crippen MR) is 84.2 cm³/mol. The maximum Gasteiger partial charge on any atom is 0.230 e. The van der Waals surface area contributed by atoms with Gasteiger partial charge in [0.2, 0.25) is 5.91 Å². The zero-order chi connectivity index (χ0) is 14.7. The van der Waals surface area contributed by atoms with E-state index in [9.17, 15) is 9.90 Å². The van der Waals surface area contributed by atoms with E-state index in [4.69, 9.17) is 0 Å². The summed E-state index contributed by atoms with van der Waals surface area (Å²) >= 11 is 1.50. The first-order chi connectivity index (χ1) is 10.2. The highest BCUT2D eigenvalue weighted by molar-refractivity contribution is 8.00. The van der Waals surface area contributed by atoms with E-state index in [0.29, 0.717) is 12.2 Å². The molecule has 3 nitrogen and oxygen atoms in total. The summed E-state index contributed by atoms with van der Waals surface area (Å²) in [6.07, 6.45) is 0.0699. The summed E-state index contributed by atoms with van der Waals surface area (Å²) in [7, 11) is 0. The third-order valence-corrected chi connectivity index (χ3v) is 4.65. The molecule has 1 aliphatic carbocycles. The summed E-state index contributed by atoms with van der Waals surface area (Å²) in [4.78, 5) is 13.2. The third-order valence-electron chi connectivity index (χ3n) is 3.63. The second kappa shape index (κ2) is 6.33. The molecule has 2 N–H and O–H groups in total. The average Bonchev–Trinajstić information content (AvgIpc) is 2.82. The number of amides is 1. The molecule has 108 valence electrons. The molecule has 1 amide bonds. The molecule has 2 aromatic carbocycles. The first kappa shape index (κ1) is 14.2. The van der Waals surface area contributed by atoms with Gasteiger partial charge in [0.1, 0.15) is 0 Å². The Kier molecular flexibility index (Phi) is 4.27. The highest BCUT2D eigenvalue weighted by atomic mass is 32.2. The van der Waals surface area contributed by atoms with Gasteiger partial charge in [-0.25, -0.2) is 0 Å². The number of aliphatic hydroxyl groups excluding tert-OH is 1. The van der Waals surface area contributed by atoms with Crippen molar-refractivity contribution in [2.24, 2.45) is 0 Å². The normalized spacial score (nSPS) is 20.0. The lowest BCUT2D eigenvalue weighted by atomic mass is 10.1. The van der Waals surface area contributed by atoms with E-state index in [1.54, 1.807) is 0 Å². The summed E-state index contributed by atoms with van der Waals surface area (Å²) in [5, 5.41) is 13.1. The number of carbonyl (C=O) groups is 1. The molecule has 2 atom stereocenters. The van der Waals surface area contributed by atoms with Crippen molar-refractivity contribution < 1.29 is 9.90 Å². The average molecular weight is 299 g/mol. The number of hydrogen-bond acceptors (Lipinski definition) is 3. The SMILES string of the molecule is O=C(CSc1ccccc1)N[C@@H]1c2ccccc2C[C@@H]1O. The standard InChI is InChI=1S/C17H17NO2S/c19-15-10-12-6-4-5-9-14(12)17(15)18-16(20)11-21-13-7-2-1-3-8-13/h1-9,15,17,19H,10-11H2,(H,18,20)/t15-,17+/m0/s1. The van der Waals surface area contributed by atoms with Gasteiger partial charge in [-0.15, -0.1) is 11.8 Å². The van der Waals surface area contributed by atoms with Crippen molar-refractivity contribution in [1.29, 1.82) is 0 Å². The highest BCUT2D eigenvalue weighted by Gasteiger charge is 2.31. The van der Waals surface area contributed by atoms with Gasteiger partial charge in [0.15, 0.2) is 0 Å². The predicted octanol–water partition coefficient (Wildman–Crippen LogP) is 2.55. The summed E-state index contributed by atoms with van der Waals surface area (Å²) < 4.78 is 0. The molecule has 0 radical (unpaired) electrons. The summed E-state index contributed by atoms with van der Waals surface area (Å²) in [5.41, 5.74) is 2.15. The number of aliphatic hydroxyl groups is 1. The lowest BCUT2D eigenvalue weighted by Gasteiger charge is -2.17. The van der Waals surface area contributed by atoms with E-state index < -0.39 is 6.10 Å². The largest absolute Gasteiger partial charge is 0.390 e. The van der Waals surface area contributed by atoms with Crippen LogP contribution in [0.4, 0.5) is 0 Å². The van der Waals surface area contributed by atoms with Crippen LogP contribution in [0.25, 0.3) is 0 Å². The van der Waals surface area contributed by atoms with Crippen molar-refractivity contribution in [2.45, 2.75) is 23.5 Å². The van der Waals surface area contributed by atoms with Crippen molar-refractivity contribution in [3.63, 3.8) is 0 Å². The van der Waals surface area contributed by atoms with Crippen LogP contribution in [0, 0.1) is 0 Å². The molecule has 4 heteroatoms. The minimum Gasteiger partial charge on any atom is -0.390 e. The van der Waals surface area contributed by atoms with Gasteiger partial charge in [-0.2, -0.15) is 0 Å². The highest BCUT2D eigenvalue weighted by Crippen LogP contribution is 2.31. The summed E-state index contributed by atoms with van der Waals surface area (Å²) in [5.74, 6) is 0.305. The molecule has 0 unspecified atom stereocenters. The van der Waals surface area contributed by atoms with Crippen LogP contribution in [-0.2, 0) is 11.2 Å². The molecule has 0 heterocycles. The van der Waals surface area contributed by atoms with Crippen LogP contribution in [-0.4, -0.2) is 22.9 Å². The van der Waals surface area contributed by atoms with E-state index in [0.717, 1.165) is 16.0 Å². The molecular weight excluding hydrogens is 282 g/mol. The van der Waals surface area contributed by atoms with Gasteiger partial charge in [0, 0.05) is 11.3 Å². The fraction of sp³-hybridized carbons (Fsp3) is 0.235. The minimum absolute atomic E-state index is 0.0513. The Morgan fingerprint density at radius 3 is 2.67 bits per heavy atom. The molecule has 0 saturated carbocycles. The van der Waals surface area contributed by atoms with Crippen molar-refractivity contribution >= 4 is 17.7 Å². The molecule has 0 fully saturated rings. The van der Waals surface area contributed by atoms with Gasteiger partial charge in [-0.3, -0.25) is 4.79 Å². The molecule has 0 aliphatic heterocycles. The molecule has 2 aromatic rings. The maximum absolute atomic E-state index is 12.1. The van der Waals surface area contributed by atoms with Crippen molar-refractivity contribution in [1.82, 2.24) is 5.32 Å². The van der Waals surface area contributed by atoms with Crippen LogP contribution in [0.3, 0.4) is 0 Å². The van der Waals surface area contributed by atoms with Crippen molar-refractivity contribution in [2.75, 3.05) is 5.75 Å². The first-order valence-electron chi connectivity index (χ1n) is 6.97. The number of carbonyl (C=O) groups excluding carboxylic acids is 1. The van der Waals surface area contributed by atoms with Crippen molar-refractivity contribution in [3.8, 4) is 0 Å². The number of thioether (sulfide) groups is 1. The zero-order valence-electron chi connectivity index (χ0n) is 11.5. The molecule has 3 rings (SSSR count). The molecule has 0 spiro atoms. The van der Waals surface area contributed by atoms with Crippen LogP contribution < -0.4 is 5.32 Å². The van der Waals surface area contributed by atoms with Gasteiger partial charge >= 0.3 is 0 Å². The van der Waals surface area contributed by atoms with E-state index in [1.165, 1.54) is 11.8 Å². The number of hydrogen-bond donors (Lipinski definition) is 2. The first-order valence-corrected chi connectivity index (χ1v) is 7.95. The van der Waals surface area contributed by atoms with Crippen LogP contribution >= 0.6 is 11.8 Å². The van der Waals surface area contributed by atoms with Crippen LogP contribution in [0.2, 0.25) is 0 Å². The molecule has 0 aromatic heterocycles. The van der Waals surface area contributed by atoms with Gasteiger partial charge in [0.25, 0.3) is 0 Å². The Morgan fingerprint density at radius 1 is 1.14 bits per heavy atom. The lowest BCUT2D eigenvalue weighted by molar-refractivity contribution is -0.120. The van der Waals surface area contributed by atoms with Crippen LogP contribution in [0.15, 0.2) is 59.5 Å². The van der Waals surface area contributed by atoms with Gasteiger partial charge < -0.3 is 10.4 Å². The molecule has 0 bridgehead atoms. The molecule has 1 aliphatic rings. The monoisotopic (exact) mass is 299 g/mol. The quantitative estimate of drug-likeness (QED) is 0.853. The Bertz CT molecular complexity index is 630. The molecular formula is C17H17NO2S. The minimum atomic E-state index is -0.534. The fourth-order valence-corrected chi connectivity index (χ4v) is 3.36. The fourth-order valence-electron chi connectivity index (χ4n) is 2.63. The maximum atomic E-state index is 12.1. The summed E-state index contributed by atoms with van der Waals surface area (Å²) in [6.45, 7) is 0. The number of fused-ring (bicyclic) bond motifs is 1. The second-order valence-corrected chi connectivity index (χ2v) is 6.17. The Balaban J connectivity index is 1.60. The van der Waals surface area contributed by atoms with Gasteiger partial charge in [0.05, 0.1) is 17.9 Å². The zero-order valence-corrected chi connectivity index (χ0v) is 12.3. The lowest BCUT2D eigenvalue weighted by Crippen LogP contribution is -2.34. The number of nitrogens with one attached hydrogen (secondary N) is 1. The Hall–Kier alpha value is -1.78. The molecule has 0 saturated heterocycles. The van der Waals surface area contributed by atoms with Crippen LogP contribution in [0.1, 0.15) is 17.2 Å². The number of rotatable bonds is 4. The van der Waals surface area contributed by atoms with Crippen molar-refractivity contribution in [3.05, 3.63) is 65.7 Å². The summed E-state index contributed by atoms with van der Waals surface area (Å²) in [6, 6.07) is 17.4. The number of benzene rings is 2. The van der Waals surface area contributed by atoms with E-state index in [1.807, 2.05) is 54.6 Å². The third kappa shape index (κ3) is 3.28. The van der Waals surface area contributed by atoms with Crippen LogP contribution in [0.5, 0.6) is 0 Å². The Morgan fingerprint density at radius 2 is 1.86 bits per heavy atom. The van der Waals surface area contributed by atoms with E-state index >= 15 is 0 Å². The van der Waals surface area contributed by atoms with Gasteiger partial charge in [-0.1, -0.05) is 42.5 Å². The smallest absolute Gasteiger partial charge is 0.230 e.